The first kappa shape index (κ1) is 18.1. The molecule has 0 saturated heterocycles. The number of rotatable bonds is 7. The van der Waals surface area contributed by atoms with Crippen molar-refractivity contribution in [1.29, 1.82) is 0 Å². The Bertz CT molecular complexity index is 856. The molecule has 0 bridgehead atoms. The van der Waals surface area contributed by atoms with Gasteiger partial charge < -0.3 is 14.2 Å². The number of esters is 1. The molecule has 1 heterocycles. The van der Waals surface area contributed by atoms with Crippen molar-refractivity contribution in [2.45, 2.75) is 13.2 Å². The van der Waals surface area contributed by atoms with E-state index in [1.54, 1.807) is 26.4 Å². The topological polar surface area (TPSA) is 57.7 Å². The fraction of sp³-hybridized carbons (Fsp3) is 0.200. The van der Waals surface area contributed by atoms with Crippen LogP contribution in [-0.2, 0) is 22.7 Å². The molecule has 0 saturated carbocycles. The van der Waals surface area contributed by atoms with E-state index in [0.29, 0.717) is 12.2 Å². The molecular formula is C20H19NO4S. The summed E-state index contributed by atoms with van der Waals surface area (Å²) in [7, 11) is 3.27. The molecular weight excluding hydrogens is 350 g/mol. The molecule has 0 radical (unpaired) electrons. The van der Waals surface area contributed by atoms with Gasteiger partial charge in [0.05, 0.1) is 25.0 Å². The predicted molar refractivity (Wildman–Crippen MR) is 100 cm³/mol. The normalized spacial score (nSPS) is 10.5. The summed E-state index contributed by atoms with van der Waals surface area (Å²) >= 11 is 1.51. The van der Waals surface area contributed by atoms with E-state index in [2.05, 4.69) is 4.98 Å². The van der Waals surface area contributed by atoms with Crippen molar-refractivity contribution in [3.05, 3.63) is 70.7 Å². The molecule has 0 aliphatic carbocycles. The minimum absolute atomic E-state index is 0.144. The second-order valence-electron chi connectivity index (χ2n) is 5.58. The summed E-state index contributed by atoms with van der Waals surface area (Å²) in [6.07, 6.45) is 0. The Hall–Kier alpha value is -2.70. The van der Waals surface area contributed by atoms with E-state index in [1.165, 1.54) is 11.3 Å². The van der Waals surface area contributed by atoms with Gasteiger partial charge in [-0.15, -0.1) is 11.3 Å². The van der Waals surface area contributed by atoms with Gasteiger partial charge in [0.25, 0.3) is 0 Å². The van der Waals surface area contributed by atoms with Crippen molar-refractivity contribution in [2.24, 2.45) is 0 Å². The van der Waals surface area contributed by atoms with Crippen LogP contribution in [0.5, 0.6) is 5.75 Å². The van der Waals surface area contributed by atoms with Crippen LogP contribution in [0.15, 0.2) is 53.9 Å². The molecule has 0 aliphatic heterocycles. The van der Waals surface area contributed by atoms with Gasteiger partial charge >= 0.3 is 5.97 Å². The van der Waals surface area contributed by atoms with E-state index in [0.717, 1.165) is 27.6 Å². The van der Waals surface area contributed by atoms with Crippen LogP contribution in [0.3, 0.4) is 0 Å². The molecule has 0 spiro atoms. The summed E-state index contributed by atoms with van der Waals surface area (Å²) in [5.74, 6) is 0.434. The van der Waals surface area contributed by atoms with Crippen LogP contribution in [0, 0.1) is 0 Å². The van der Waals surface area contributed by atoms with Gasteiger partial charge in [-0.05, 0) is 42.0 Å². The third-order valence-corrected chi connectivity index (χ3v) is 4.68. The number of carbonyl (C=O) groups excluding carboxylic acids is 1. The highest BCUT2D eigenvalue weighted by molar-refractivity contribution is 7.13. The summed E-state index contributed by atoms with van der Waals surface area (Å²) in [5, 5.41) is 2.77. The summed E-state index contributed by atoms with van der Waals surface area (Å²) in [4.78, 5) is 16.7. The van der Waals surface area contributed by atoms with Crippen LogP contribution < -0.4 is 4.74 Å². The summed E-state index contributed by atoms with van der Waals surface area (Å²) in [6.45, 7) is 0.660. The lowest BCUT2D eigenvalue weighted by Crippen LogP contribution is -2.05. The minimum Gasteiger partial charge on any atom is -0.497 e. The van der Waals surface area contributed by atoms with E-state index < -0.39 is 0 Å². The Morgan fingerprint density at radius 1 is 1.00 bits per heavy atom. The van der Waals surface area contributed by atoms with Gasteiger partial charge in [-0.1, -0.05) is 12.1 Å². The molecule has 0 aliphatic rings. The molecule has 26 heavy (non-hydrogen) atoms. The van der Waals surface area contributed by atoms with Gasteiger partial charge in [0.15, 0.2) is 0 Å². The summed E-state index contributed by atoms with van der Waals surface area (Å²) < 4.78 is 15.6. The van der Waals surface area contributed by atoms with Gasteiger partial charge in [0, 0.05) is 18.1 Å². The molecule has 0 amide bonds. The number of benzene rings is 2. The summed E-state index contributed by atoms with van der Waals surface area (Å²) in [6, 6.07) is 14.9. The lowest BCUT2D eigenvalue weighted by molar-refractivity contribution is 0.0468. The molecule has 6 heteroatoms. The third-order valence-electron chi connectivity index (χ3n) is 3.74. The average molecular weight is 369 g/mol. The zero-order valence-corrected chi connectivity index (χ0v) is 15.4. The van der Waals surface area contributed by atoms with Crippen molar-refractivity contribution < 1.29 is 19.0 Å². The predicted octanol–water partition coefficient (Wildman–Crippen LogP) is 4.32. The first-order valence-electron chi connectivity index (χ1n) is 8.03. The number of hydrogen-bond donors (Lipinski definition) is 0. The highest BCUT2D eigenvalue weighted by Crippen LogP contribution is 2.26. The molecule has 134 valence electrons. The quantitative estimate of drug-likeness (QED) is 0.581. The number of methoxy groups -OCH3 is 2. The van der Waals surface area contributed by atoms with Gasteiger partial charge in [-0.3, -0.25) is 0 Å². The van der Waals surface area contributed by atoms with Crippen LogP contribution in [0.4, 0.5) is 0 Å². The molecule has 2 aromatic carbocycles. The van der Waals surface area contributed by atoms with Crippen LogP contribution in [0.1, 0.15) is 21.6 Å². The van der Waals surface area contributed by atoms with Crippen molar-refractivity contribution in [2.75, 3.05) is 14.2 Å². The van der Waals surface area contributed by atoms with Crippen molar-refractivity contribution in [3.63, 3.8) is 0 Å². The first-order chi connectivity index (χ1) is 12.7. The average Bonchev–Trinajstić information content (AvgIpc) is 3.16. The Kier molecular flexibility index (Phi) is 5.99. The molecule has 0 N–H and O–H groups in total. The van der Waals surface area contributed by atoms with Crippen LogP contribution in [-0.4, -0.2) is 25.2 Å². The number of aromatic nitrogens is 1. The zero-order valence-electron chi connectivity index (χ0n) is 14.6. The lowest BCUT2D eigenvalue weighted by atomic mass is 10.1. The molecule has 3 aromatic rings. The van der Waals surface area contributed by atoms with Crippen molar-refractivity contribution in [1.82, 2.24) is 4.98 Å². The monoisotopic (exact) mass is 369 g/mol. The van der Waals surface area contributed by atoms with Crippen LogP contribution in [0.25, 0.3) is 10.6 Å². The minimum atomic E-state index is -0.368. The Balaban J connectivity index is 1.59. The zero-order chi connectivity index (χ0) is 18.4. The van der Waals surface area contributed by atoms with Crippen LogP contribution >= 0.6 is 11.3 Å². The maximum absolute atomic E-state index is 12.1. The maximum atomic E-state index is 12.1. The summed E-state index contributed by atoms with van der Waals surface area (Å²) in [5.41, 5.74) is 3.25. The van der Waals surface area contributed by atoms with E-state index in [4.69, 9.17) is 14.2 Å². The standard InChI is InChI=1S/C20H19NO4S/c1-23-11-14-3-5-16(6-4-14)20(22)25-12-17-13-26-19(21-17)15-7-9-18(24-2)10-8-15/h3-10,13H,11-12H2,1-2H3. The second-order valence-corrected chi connectivity index (χ2v) is 6.44. The van der Waals surface area contributed by atoms with Crippen molar-refractivity contribution in [3.8, 4) is 16.3 Å². The number of ether oxygens (including phenoxy) is 3. The highest BCUT2D eigenvalue weighted by atomic mass is 32.1. The molecule has 0 unspecified atom stereocenters. The molecule has 1 aromatic heterocycles. The lowest BCUT2D eigenvalue weighted by Gasteiger charge is -2.04. The fourth-order valence-electron chi connectivity index (χ4n) is 2.37. The Labute approximate surface area is 156 Å². The van der Waals surface area contributed by atoms with E-state index >= 15 is 0 Å². The SMILES string of the molecule is COCc1ccc(C(=O)OCc2csc(-c3ccc(OC)cc3)n2)cc1. The Morgan fingerprint density at radius 3 is 2.38 bits per heavy atom. The number of nitrogens with zero attached hydrogens (tertiary/aromatic N) is 1. The van der Waals surface area contributed by atoms with Gasteiger partial charge in [-0.2, -0.15) is 0 Å². The second kappa shape index (κ2) is 8.60. The van der Waals surface area contributed by atoms with E-state index in [-0.39, 0.29) is 12.6 Å². The highest BCUT2D eigenvalue weighted by Gasteiger charge is 2.10. The molecule has 0 atom stereocenters. The number of hydrogen-bond acceptors (Lipinski definition) is 6. The van der Waals surface area contributed by atoms with Gasteiger partial charge in [-0.25, -0.2) is 9.78 Å². The first-order valence-corrected chi connectivity index (χ1v) is 8.91. The van der Waals surface area contributed by atoms with Crippen LogP contribution in [0.2, 0.25) is 0 Å². The maximum Gasteiger partial charge on any atom is 0.338 e. The third kappa shape index (κ3) is 4.47. The molecule has 5 nitrogen and oxygen atoms in total. The van der Waals surface area contributed by atoms with Crippen molar-refractivity contribution >= 4 is 17.3 Å². The van der Waals surface area contributed by atoms with E-state index in [9.17, 15) is 4.79 Å². The number of carbonyl (C=O) groups is 1. The Morgan fingerprint density at radius 2 is 1.73 bits per heavy atom. The molecule has 0 fully saturated rings. The van der Waals surface area contributed by atoms with E-state index in [1.807, 2.05) is 41.8 Å². The molecule has 3 rings (SSSR count). The largest absolute Gasteiger partial charge is 0.497 e. The fourth-order valence-corrected chi connectivity index (χ4v) is 3.18. The number of thiazole rings is 1. The van der Waals surface area contributed by atoms with Gasteiger partial charge in [0.1, 0.15) is 17.4 Å². The van der Waals surface area contributed by atoms with Gasteiger partial charge in [0.2, 0.25) is 0 Å². The smallest absolute Gasteiger partial charge is 0.338 e.